The van der Waals surface area contributed by atoms with Gasteiger partial charge in [0.05, 0.1) is 18.7 Å². The Balaban J connectivity index is 1.81. The zero-order chi connectivity index (χ0) is 22.2. The number of aromatic nitrogens is 1. The Hall–Kier alpha value is -2.96. The van der Waals surface area contributed by atoms with Crippen molar-refractivity contribution in [2.75, 3.05) is 13.7 Å². The summed E-state index contributed by atoms with van der Waals surface area (Å²) in [5, 5.41) is 1.02. The largest absolute Gasteiger partial charge is 0.497 e. The van der Waals surface area contributed by atoms with Gasteiger partial charge in [-0.2, -0.15) is 13.2 Å². The van der Waals surface area contributed by atoms with Crippen molar-refractivity contribution < 1.29 is 22.7 Å². The Labute approximate surface area is 179 Å². The maximum Gasteiger partial charge on any atom is 0.416 e. The highest BCUT2D eigenvalue weighted by molar-refractivity contribution is 5.88. The number of halogens is 3. The van der Waals surface area contributed by atoms with Gasteiger partial charge in [0.25, 0.3) is 0 Å². The number of H-pyrrole nitrogens is 1. The number of rotatable bonds is 5. The average Bonchev–Trinajstić information content (AvgIpc) is 3.14. The second kappa shape index (κ2) is 8.29. The second-order valence-corrected chi connectivity index (χ2v) is 7.89. The van der Waals surface area contributed by atoms with Gasteiger partial charge in [0, 0.05) is 29.6 Å². The zero-order valence-electron chi connectivity index (χ0n) is 17.6. The lowest BCUT2D eigenvalue weighted by atomic mass is 9.91. The molecule has 4 rings (SSSR count). The summed E-state index contributed by atoms with van der Waals surface area (Å²) >= 11 is 0. The van der Waals surface area contributed by atoms with Crippen LogP contribution in [0.3, 0.4) is 0 Å². The van der Waals surface area contributed by atoms with Crippen LogP contribution in [0, 0.1) is 0 Å². The lowest BCUT2D eigenvalue weighted by Gasteiger charge is -2.36. The predicted octanol–water partition coefficient (Wildman–Crippen LogP) is 5.86. The third-order valence-corrected chi connectivity index (χ3v) is 5.95. The molecule has 1 aromatic heterocycles. The van der Waals surface area contributed by atoms with Crippen molar-refractivity contribution in [2.45, 2.75) is 44.8 Å². The minimum absolute atomic E-state index is 0.0219. The fourth-order valence-electron chi connectivity index (χ4n) is 4.34. The predicted molar refractivity (Wildman–Crippen MR) is 113 cm³/mol. The normalized spacial score (nSPS) is 16.4. The number of alkyl halides is 3. The number of amides is 1. The lowest BCUT2D eigenvalue weighted by Crippen LogP contribution is -2.40. The van der Waals surface area contributed by atoms with Gasteiger partial charge in [0.2, 0.25) is 5.91 Å². The molecule has 0 spiro atoms. The number of carbonyl (C=O) groups is 1. The van der Waals surface area contributed by atoms with E-state index in [-0.39, 0.29) is 5.91 Å². The van der Waals surface area contributed by atoms with Crippen LogP contribution in [0.15, 0.2) is 42.5 Å². The number of aromatic amines is 1. The Morgan fingerprint density at radius 3 is 2.58 bits per heavy atom. The molecule has 0 fully saturated rings. The zero-order valence-corrected chi connectivity index (χ0v) is 17.6. The van der Waals surface area contributed by atoms with Gasteiger partial charge in [0.15, 0.2) is 0 Å². The molecule has 2 aromatic carbocycles. The third-order valence-electron chi connectivity index (χ3n) is 5.95. The van der Waals surface area contributed by atoms with Crippen molar-refractivity contribution in [3.8, 4) is 5.75 Å². The Bertz CT molecular complexity index is 1090. The first-order chi connectivity index (χ1) is 14.8. The van der Waals surface area contributed by atoms with Crippen LogP contribution in [0.25, 0.3) is 10.9 Å². The van der Waals surface area contributed by atoms with E-state index in [4.69, 9.17) is 4.74 Å². The van der Waals surface area contributed by atoms with E-state index in [1.807, 2.05) is 25.1 Å². The first kappa shape index (κ1) is 21.3. The van der Waals surface area contributed by atoms with Crippen molar-refractivity contribution in [1.82, 2.24) is 9.88 Å². The van der Waals surface area contributed by atoms with Crippen molar-refractivity contribution in [3.63, 3.8) is 0 Å². The third kappa shape index (κ3) is 4.01. The molecule has 1 N–H and O–H groups in total. The smallest absolute Gasteiger partial charge is 0.416 e. The minimum Gasteiger partial charge on any atom is -0.497 e. The summed E-state index contributed by atoms with van der Waals surface area (Å²) in [6, 6.07) is 10.4. The summed E-state index contributed by atoms with van der Waals surface area (Å²) in [6.45, 7) is 2.55. The number of nitrogens with one attached hydrogen (secondary N) is 1. The molecule has 0 saturated carbocycles. The summed E-state index contributed by atoms with van der Waals surface area (Å²) < 4.78 is 44.6. The summed E-state index contributed by atoms with van der Waals surface area (Å²) in [4.78, 5) is 18.2. The molecule has 1 aliphatic rings. The number of hydrogen-bond acceptors (Lipinski definition) is 2. The monoisotopic (exact) mass is 430 g/mol. The highest BCUT2D eigenvalue weighted by Gasteiger charge is 2.35. The Kier molecular flexibility index (Phi) is 5.69. The standard InChI is InChI=1S/C24H25F3N2O2/c1-3-4-5-21(30)29-13-12-18-19-14-17(31-2)10-11-20(19)28-22(18)23(29)15-6-8-16(9-7-15)24(25,26)27/h6-11,14,23,28H,3-5,12-13H2,1-2H3. The van der Waals surface area contributed by atoms with E-state index < -0.39 is 17.8 Å². The van der Waals surface area contributed by atoms with Crippen molar-refractivity contribution in [1.29, 1.82) is 0 Å². The van der Waals surface area contributed by atoms with Gasteiger partial charge in [-0.25, -0.2) is 0 Å². The minimum atomic E-state index is -4.40. The molecule has 7 heteroatoms. The fourth-order valence-corrected chi connectivity index (χ4v) is 4.34. The molecule has 4 nitrogen and oxygen atoms in total. The van der Waals surface area contributed by atoms with Crippen LogP contribution in [0.4, 0.5) is 13.2 Å². The molecular weight excluding hydrogens is 405 g/mol. The molecule has 1 atom stereocenters. The van der Waals surface area contributed by atoms with Gasteiger partial charge in [-0.3, -0.25) is 4.79 Å². The van der Waals surface area contributed by atoms with E-state index in [0.717, 1.165) is 52.9 Å². The summed E-state index contributed by atoms with van der Waals surface area (Å²) in [5.74, 6) is 0.760. The van der Waals surface area contributed by atoms with Crippen LogP contribution in [0.2, 0.25) is 0 Å². The number of hydrogen-bond donors (Lipinski definition) is 1. The maximum absolute atomic E-state index is 13.1. The van der Waals surface area contributed by atoms with Gasteiger partial charge in [-0.1, -0.05) is 25.5 Å². The molecule has 1 unspecified atom stereocenters. The van der Waals surface area contributed by atoms with Crippen molar-refractivity contribution >= 4 is 16.8 Å². The van der Waals surface area contributed by atoms with Gasteiger partial charge < -0.3 is 14.6 Å². The molecule has 0 bridgehead atoms. The number of unbranched alkanes of at least 4 members (excludes halogenated alkanes) is 1. The highest BCUT2D eigenvalue weighted by atomic mass is 19.4. The maximum atomic E-state index is 13.1. The Morgan fingerprint density at radius 1 is 1.19 bits per heavy atom. The number of benzene rings is 2. The number of methoxy groups -OCH3 is 1. The molecule has 1 aliphatic heterocycles. The van der Waals surface area contributed by atoms with Gasteiger partial charge in [-0.15, -0.1) is 0 Å². The van der Waals surface area contributed by atoms with E-state index in [0.29, 0.717) is 24.9 Å². The molecule has 164 valence electrons. The van der Waals surface area contributed by atoms with Crippen LogP contribution in [0.5, 0.6) is 5.75 Å². The lowest BCUT2D eigenvalue weighted by molar-refractivity contribution is -0.137. The number of ether oxygens (including phenoxy) is 1. The average molecular weight is 430 g/mol. The van der Waals surface area contributed by atoms with Gasteiger partial charge in [0.1, 0.15) is 5.75 Å². The molecule has 2 heterocycles. The number of nitrogens with zero attached hydrogens (tertiary/aromatic N) is 1. The van der Waals surface area contributed by atoms with Crippen LogP contribution in [-0.4, -0.2) is 29.4 Å². The molecule has 3 aromatic rings. The first-order valence-electron chi connectivity index (χ1n) is 10.5. The van der Waals surface area contributed by atoms with Crippen molar-refractivity contribution in [3.05, 3.63) is 64.8 Å². The van der Waals surface area contributed by atoms with E-state index in [1.165, 1.54) is 12.1 Å². The molecule has 0 saturated heterocycles. The summed E-state index contributed by atoms with van der Waals surface area (Å²) in [7, 11) is 1.61. The fraction of sp³-hybridized carbons (Fsp3) is 0.375. The van der Waals surface area contributed by atoms with E-state index in [2.05, 4.69) is 4.98 Å². The Morgan fingerprint density at radius 2 is 1.94 bits per heavy atom. The molecule has 0 radical (unpaired) electrons. The SMILES string of the molecule is CCCCC(=O)N1CCc2c([nH]c3ccc(OC)cc23)C1c1ccc(C(F)(F)F)cc1. The van der Waals surface area contributed by atoms with Crippen molar-refractivity contribution in [2.24, 2.45) is 0 Å². The van der Waals surface area contributed by atoms with E-state index in [1.54, 1.807) is 12.0 Å². The van der Waals surface area contributed by atoms with Crippen LogP contribution in [0.1, 0.15) is 54.6 Å². The van der Waals surface area contributed by atoms with Gasteiger partial charge >= 0.3 is 6.18 Å². The molecule has 31 heavy (non-hydrogen) atoms. The molecule has 0 aliphatic carbocycles. The van der Waals surface area contributed by atoms with Crippen LogP contribution >= 0.6 is 0 Å². The quantitative estimate of drug-likeness (QED) is 0.551. The first-order valence-corrected chi connectivity index (χ1v) is 10.5. The van der Waals surface area contributed by atoms with Gasteiger partial charge in [-0.05, 0) is 54.3 Å². The van der Waals surface area contributed by atoms with E-state index >= 15 is 0 Å². The molecular formula is C24H25F3N2O2. The number of carbonyl (C=O) groups excluding carboxylic acids is 1. The molecule has 1 amide bonds. The number of fused-ring (bicyclic) bond motifs is 3. The topological polar surface area (TPSA) is 45.3 Å². The van der Waals surface area contributed by atoms with Crippen LogP contribution in [-0.2, 0) is 17.4 Å². The van der Waals surface area contributed by atoms with Crippen LogP contribution < -0.4 is 4.74 Å². The summed E-state index contributed by atoms with van der Waals surface area (Å²) in [6.07, 6.45) is -1.60. The summed E-state index contributed by atoms with van der Waals surface area (Å²) in [5.41, 5.74) is 2.83. The highest BCUT2D eigenvalue weighted by Crippen LogP contribution is 2.40. The second-order valence-electron chi connectivity index (χ2n) is 7.89. The van der Waals surface area contributed by atoms with E-state index in [9.17, 15) is 18.0 Å².